The number of rotatable bonds is 3. The number of fused-ring (bicyclic) bond motifs is 3. The van der Waals surface area contributed by atoms with Crippen LogP contribution in [0, 0.1) is 0 Å². The van der Waals surface area contributed by atoms with Gasteiger partial charge in [-0.1, -0.05) is 74.5 Å². The maximum absolute atomic E-state index is 3.62. The smallest absolute Gasteiger partial charge is 0.0475 e. The van der Waals surface area contributed by atoms with Crippen molar-refractivity contribution in [3.8, 4) is 0 Å². The van der Waals surface area contributed by atoms with Crippen LogP contribution in [0.4, 0.5) is 0 Å². The molecule has 1 aliphatic rings. The molecule has 0 radical (unpaired) electrons. The molecule has 29 heavy (non-hydrogen) atoms. The van der Waals surface area contributed by atoms with E-state index in [1.54, 1.807) is 4.91 Å². The molecule has 1 nitrogen and oxygen atoms in total. The predicted octanol–water partition coefficient (Wildman–Crippen LogP) is 8.43. The molecule has 0 spiro atoms. The number of allylic oxidation sites excluding steroid dienone is 4. The summed E-state index contributed by atoms with van der Waals surface area (Å²) in [5.41, 5.74) is 2.44. The number of para-hydroxylation sites is 1. The summed E-state index contributed by atoms with van der Waals surface area (Å²) in [6.07, 6.45) is 11.6. The van der Waals surface area contributed by atoms with Gasteiger partial charge >= 0.3 is 0 Å². The highest BCUT2D eigenvalue weighted by Crippen LogP contribution is 2.67. The molecule has 0 aliphatic heterocycles. The molecular formula is C27H29NS. The Hall–Kier alpha value is -2.71. The first-order valence-electron chi connectivity index (χ1n) is 10.5. The molecule has 1 heterocycles. The largest absolute Gasteiger partial charge is 0.354 e. The van der Waals surface area contributed by atoms with Crippen molar-refractivity contribution in [2.75, 3.05) is 6.26 Å². The molecule has 1 unspecified atom stereocenters. The van der Waals surface area contributed by atoms with Crippen molar-refractivity contribution in [2.45, 2.75) is 36.5 Å². The predicted molar refractivity (Wildman–Crippen MR) is 130 cm³/mol. The number of H-pyrrole nitrogens is 1. The van der Waals surface area contributed by atoms with Gasteiger partial charge in [0.15, 0.2) is 0 Å². The van der Waals surface area contributed by atoms with Crippen LogP contribution >= 0.6 is 10.0 Å². The summed E-state index contributed by atoms with van der Waals surface area (Å²) in [4.78, 5) is 8.04. The Morgan fingerprint density at radius 3 is 2.24 bits per heavy atom. The van der Waals surface area contributed by atoms with Gasteiger partial charge in [-0.05, 0) is 64.1 Å². The maximum Gasteiger partial charge on any atom is 0.0475 e. The zero-order chi connectivity index (χ0) is 20.3. The van der Waals surface area contributed by atoms with Gasteiger partial charge < -0.3 is 4.98 Å². The van der Waals surface area contributed by atoms with Crippen molar-refractivity contribution in [2.24, 2.45) is 0 Å². The normalized spacial score (nSPS) is 16.6. The second-order valence-electron chi connectivity index (χ2n) is 7.21. The Labute approximate surface area is 175 Å². The fraction of sp³-hybridized carbons (Fsp3) is 0.185. The molecule has 1 aromatic heterocycles. The molecular weight excluding hydrogens is 370 g/mol. The van der Waals surface area contributed by atoms with Gasteiger partial charge in [-0.3, -0.25) is 0 Å². The summed E-state index contributed by atoms with van der Waals surface area (Å²) in [6, 6.07) is 26.6. The van der Waals surface area contributed by atoms with E-state index >= 15 is 0 Å². The van der Waals surface area contributed by atoms with Crippen LogP contribution < -0.4 is 0 Å². The monoisotopic (exact) mass is 399 g/mol. The van der Waals surface area contributed by atoms with Crippen molar-refractivity contribution < 1.29 is 0 Å². The molecule has 1 atom stereocenters. The second-order valence-corrected chi connectivity index (χ2v) is 10.5. The van der Waals surface area contributed by atoms with E-state index in [2.05, 4.69) is 102 Å². The summed E-state index contributed by atoms with van der Waals surface area (Å²) in [5, 5.41) is 2.61. The van der Waals surface area contributed by atoms with E-state index in [0.717, 1.165) is 12.8 Å². The molecule has 4 aromatic rings. The molecule has 148 valence electrons. The average molecular weight is 400 g/mol. The standard InChI is InChI=1S/C25H23NS.C2H6/c1-27(19-10-4-2-5-11-19,20-12-6-3-7-13-20)21-16-17-23-22-14-8-9-15-24(22)26-25(23)18-21;1-2/h2-6,8-12,14-18,26H,7,13H2,1H3;1-2H3. The zero-order valence-corrected chi connectivity index (χ0v) is 18.3. The van der Waals surface area contributed by atoms with Gasteiger partial charge in [-0.15, -0.1) is 0 Å². The van der Waals surface area contributed by atoms with Crippen LogP contribution in [0.3, 0.4) is 0 Å². The molecule has 1 aliphatic carbocycles. The van der Waals surface area contributed by atoms with E-state index in [0.29, 0.717) is 0 Å². The summed E-state index contributed by atoms with van der Waals surface area (Å²) >= 11 is 0. The van der Waals surface area contributed by atoms with Crippen LogP contribution in [0.15, 0.2) is 106 Å². The van der Waals surface area contributed by atoms with Crippen LogP contribution in [0.2, 0.25) is 0 Å². The molecule has 2 heteroatoms. The molecule has 0 fully saturated rings. The van der Waals surface area contributed by atoms with Gasteiger partial charge in [-0.25, -0.2) is 0 Å². The highest BCUT2D eigenvalue weighted by molar-refractivity contribution is 8.36. The van der Waals surface area contributed by atoms with E-state index in [9.17, 15) is 0 Å². The maximum atomic E-state index is 3.62. The lowest BCUT2D eigenvalue weighted by molar-refractivity contribution is 1.01. The van der Waals surface area contributed by atoms with Crippen LogP contribution in [-0.2, 0) is 0 Å². The fourth-order valence-corrected chi connectivity index (χ4v) is 7.29. The van der Waals surface area contributed by atoms with E-state index in [-0.39, 0.29) is 0 Å². The number of aromatic nitrogens is 1. The first-order chi connectivity index (χ1) is 14.3. The van der Waals surface area contributed by atoms with Gasteiger partial charge in [0, 0.05) is 21.8 Å². The van der Waals surface area contributed by atoms with E-state index in [4.69, 9.17) is 0 Å². The number of benzene rings is 3. The minimum Gasteiger partial charge on any atom is -0.354 e. The van der Waals surface area contributed by atoms with Crippen molar-refractivity contribution in [1.29, 1.82) is 0 Å². The Kier molecular flexibility index (Phi) is 5.64. The van der Waals surface area contributed by atoms with Crippen molar-refractivity contribution >= 4 is 31.8 Å². The molecule has 3 aromatic carbocycles. The lowest BCUT2D eigenvalue weighted by Gasteiger charge is -2.40. The Bertz CT molecular complexity index is 1180. The molecule has 0 saturated heterocycles. The highest BCUT2D eigenvalue weighted by atomic mass is 32.3. The lowest BCUT2D eigenvalue weighted by atomic mass is 10.1. The average Bonchev–Trinajstić information content (AvgIpc) is 3.19. The van der Waals surface area contributed by atoms with E-state index in [1.165, 1.54) is 31.6 Å². The molecule has 5 rings (SSSR count). The number of aromatic amines is 1. The topological polar surface area (TPSA) is 15.8 Å². The van der Waals surface area contributed by atoms with Gasteiger partial charge in [0.1, 0.15) is 0 Å². The summed E-state index contributed by atoms with van der Waals surface area (Å²) in [7, 11) is -1.24. The number of nitrogens with one attached hydrogen (secondary N) is 1. The lowest BCUT2D eigenvalue weighted by Crippen LogP contribution is -2.05. The summed E-state index contributed by atoms with van der Waals surface area (Å²) in [5.74, 6) is 0. The molecule has 0 bridgehead atoms. The van der Waals surface area contributed by atoms with Gasteiger partial charge in [0.25, 0.3) is 0 Å². The summed E-state index contributed by atoms with van der Waals surface area (Å²) < 4.78 is 0. The first kappa shape index (κ1) is 19.6. The van der Waals surface area contributed by atoms with Gasteiger partial charge in [0.2, 0.25) is 0 Å². The van der Waals surface area contributed by atoms with Crippen molar-refractivity contribution in [1.82, 2.24) is 4.98 Å². The Balaban J connectivity index is 0.000000994. The molecule has 0 saturated carbocycles. The molecule has 0 amide bonds. The Morgan fingerprint density at radius 2 is 1.48 bits per heavy atom. The van der Waals surface area contributed by atoms with Crippen LogP contribution in [0.25, 0.3) is 21.8 Å². The van der Waals surface area contributed by atoms with E-state index in [1.807, 2.05) is 13.8 Å². The number of hydrogen-bond acceptors (Lipinski definition) is 0. The van der Waals surface area contributed by atoms with Crippen LogP contribution in [0.5, 0.6) is 0 Å². The van der Waals surface area contributed by atoms with Crippen molar-refractivity contribution in [3.05, 3.63) is 95.9 Å². The number of hydrogen-bond donors (Lipinski definition) is 1. The quantitative estimate of drug-likeness (QED) is 0.356. The van der Waals surface area contributed by atoms with Crippen molar-refractivity contribution in [3.63, 3.8) is 0 Å². The Morgan fingerprint density at radius 1 is 0.759 bits per heavy atom. The third kappa shape index (κ3) is 3.42. The minimum atomic E-state index is -1.24. The zero-order valence-electron chi connectivity index (χ0n) is 17.5. The van der Waals surface area contributed by atoms with E-state index < -0.39 is 10.0 Å². The van der Waals surface area contributed by atoms with Crippen LogP contribution in [-0.4, -0.2) is 11.2 Å². The first-order valence-corrected chi connectivity index (χ1v) is 12.5. The fourth-order valence-electron chi connectivity index (χ4n) is 4.14. The summed E-state index contributed by atoms with van der Waals surface area (Å²) in [6.45, 7) is 4.00. The third-order valence-electron chi connectivity index (χ3n) is 5.66. The van der Waals surface area contributed by atoms with Gasteiger partial charge in [-0.2, -0.15) is 10.0 Å². The second kappa shape index (κ2) is 8.34. The molecule has 1 N–H and O–H groups in total. The van der Waals surface area contributed by atoms with Gasteiger partial charge in [0.05, 0.1) is 0 Å². The SMILES string of the molecule is CC.CS(C1=CC=CCC1)(c1ccccc1)c1ccc2c(c1)[nH]c1ccccc12. The van der Waals surface area contributed by atoms with Crippen LogP contribution in [0.1, 0.15) is 26.7 Å². The minimum absolute atomic E-state index is 1.13. The highest BCUT2D eigenvalue weighted by Gasteiger charge is 2.28. The third-order valence-corrected chi connectivity index (χ3v) is 9.46.